The minimum Gasteiger partial charge on any atom is -0.183 e. The Morgan fingerprint density at radius 2 is 1.40 bits per heavy atom. The minimum absolute atomic E-state index is 0.561. The quantitative estimate of drug-likeness (QED) is 0.483. The van der Waals surface area contributed by atoms with Crippen molar-refractivity contribution in [1.29, 1.82) is 0 Å². The zero-order valence-electron chi connectivity index (χ0n) is 4.41. The van der Waals surface area contributed by atoms with E-state index < -0.39 is 22.4 Å². The molecule has 0 unspecified atom stereocenters. The van der Waals surface area contributed by atoms with Crippen LogP contribution in [0, 0.1) is 18.0 Å². The highest BCUT2D eigenvalue weighted by Crippen LogP contribution is 2.14. The fourth-order valence-corrected chi connectivity index (χ4v) is 0.548. The summed E-state index contributed by atoms with van der Waals surface area (Å²) in [5, 5.41) is 0. The number of halogens is 4. The van der Waals surface area contributed by atoms with Crippen LogP contribution in [-0.4, -0.2) is 9.97 Å². The average Bonchev–Trinajstić information content (AvgIpc) is 1.82. The molecule has 10 heavy (non-hydrogen) atoms. The van der Waals surface area contributed by atoms with Gasteiger partial charge in [-0.2, -0.15) is 23.1 Å². The second kappa shape index (κ2) is 2.53. The Bertz CT molecular complexity index is 242. The summed E-state index contributed by atoms with van der Waals surface area (Å²) < 4.78 is 35.6. The summed E-state index contributed by atoms with van der Waals surface area (Å²) >= 11 is 2.47. The maximum absolute atomic E-state index is 12.2. The molecule has 0 radical (unpaired) electrons. The first kappa shape index (κ1) is 7.46. The number of aromatic nitrogens is 2. The van der Waals surface area contributed by atoms with Crippen molar-refractivity contribution in [3.63, 3.8) is 0 Å². The van der Waals surface area contributed by atoms with Gasteiger partial charge in [0.05, 0.1) is 0 Å². The van der Waals surface area contributed by atoms with E-state index in [1.807, 2.05) is 0 Å². The van der Waals surface area contributed by atoms with Crippen molar-refractivity contribution in [2.45, 2.75) is 0 Å². The van der Waals surface area contributed by atoms with Crippen LogP contribution in [0.5, 0.6) is 0 Å². The van der Waals surface area contributed by atoms with E-state index in [0.29, 0.717) is 0 Å². The Morgan fingerprint density at radius 3 is 1.80 bits per heavy atom. The lowest BCUT2D eigenvalue weighted by Crippen LogP contribution is -1.98. The van der Waals surface area contributed by atoms with Gasteiger partial charge in [0.15, 0.2) is 0 Å². The van der Waals surface area contributed by atoms with Gasteiger partial charge in [0.25, 0.3) is 0 Å². The van der Waals surface area contributed by atoms with Crippen LogP contribution >= 0.6 is 15.9 Å². The zero-order valence-corrected chi connectivity index (χ0v) is 5.99. The zero-order chi connectivity index (χ0) is 7.72. The summed E-state index contributed by atoms with van der Waals surface area (Å²) in [4.78, 5) is 5.21. The van der Waals surface area contributed by atoms with E-state index in [1.54, 1.807) is 0 Å². The van der Waals surface area contributed by atoms with Gasteiger partial charge in [-0.3, -0.25) is 0 Å². The normalized spacial score (nSPS) is 10.0. The summed E-state index contributed by atoms with van der Waals surface area (Å²) in [6.45, 7) is 0. The van der Waals surface area contributed by atoms with Crippen molar-refractivity contribution in [2.75, 3.05) is 0 Å². The fraction of sp³-hybridized carbons (Fsp3) is 0. The molecule has 1 aromatic heterocycles. The molecular formula is C4BrF3N2. The van der Waals surface area contributed by atoms with Crippen LogP contribution in [0.4, 0.5) is 13.2 Å². The molecule has 0 amide bonds. The summed E-state index contributed by atoms with van der Waals surface area (Å²) in [7, 11) is 0. The molecular weight excluding hydrogens is 213 g/mol. The molecule has 54 valence electrons. The van der Waals surface area contributed by atoms with Gasteiger partial charge < -0.3 is 0 Å². The molecule has 2 nitrogen and oxygen atoms in total. The summed E-state index contributed by atoms with van der Waals surface area (Å²) in [6, 6.07) is 0. The van der Waals surface area contributed by atoms with Gasteiger partial charge in [-0.1, -0.05) is 0 Å². The third-order valence-electron chi connectivity index (χ3n) is 0.743. The molecule has 1 rings (SSSR count). The lowest BCUT2D eigenvalue weighted by Gasteiger charge is -1.92. The summed E-state index contributed by atoms with van der Waals surface area (Å²) in [6.07, 6.45) is -1.42. The van der Waals surface area contributed by atoms with Crippen LogP contribution in [0.25, 0.3) is 0 Å². The topological polar surface area (TPSA) is 25.8 Å². The van der Waals surface area contributed by atoms with Crippen LogP contribution in [0.15, 0.2) is 4.47 Å². The highest BCUT2D eigenvalue weighted by atomic mass is 79.9. The first-order chi connectivity index (χ1) is 4.61. The van der Waals surface area contributed by atoms with Gasteiger partial charge in [-0.15, -0.1) is 0 Å². The van der Waals surface area contributed by atoms with E-state index >= 15 is 0 Å². The highest BCUT2D eigenvalue weighted by Gasteiger charge is 2.10. The second-order valence-corrected chi connectivity index (χ2v) is 2.18. The van der Waals surface area contributed by atoms with Crippen molar-refractivity contribution in [2.24, 2.45) is 0 Å². The molecule has 0 atom stereocenters. The van der Waals surface area contributed by atoms with Crippen molar-refractivity contribution in [3.8, 4) is 0 Å². The fourth-order valence-electron chi connectivity index (χ4n) is 0.370. The molecule has 0 spiro atoms. The SMILES string of the molecule is Fc1nc(F)c(Br)c(F)n1. The van der Waals surface area contributed by atoms with E-state index in [0.717, 1.165) is 0 Å². The first-order valence-corrected chi connectivity index (χ1v) is 2.94. The molecule has 0 saturated heterocycles. The molecule has 0 bridgehead atoms. The number of nitrogens with zero attached hydrogens (tertiary/aromatic N) is 2. The van der Waals surface area contributed by atoms with E-state index in [4.69, 9.17) is 0 Å². The molecule has 0 aromatic carbocycles. The number of rotatable bonds is 0. The van der Waals surface area contributed by atoms with Gasteiger partial charge in [0, 0.05) is 0 Å². The molecule has 0 aliphatic heterocycles. The van der Waals surface area contributed by atoms with Crippen LogP contribution < -0.4 is 0 Å². The van der Waals surface area contributed by atoms with Gasteiger partial charge in [-0.25, -0.2) is 0 Å². The van der Waals surface area contributed by atoms with Crippen LogP contribution in [0.2, 0.25) is 0 Å². The second-order valence-electron chi connectivity index (χ2n) is 1.39. The third kappa shape index (κ3) is 1.26. The van der Waals surface area contributed by atoms with Gasteiger partial charge >= 0.3 is 6.08 Å². The van der Waals surface area contributed by atoms with Crippen LogP contribution in [0.1, 0.15) is 0 Å². The Labute approximate surface area is 62.2 Å². The molecule has 0 fully saturated rings. The van der Waals surface area contributed by atoms with E-state index in [-0.39, 0.29) is 0 Å². The Balaban J connectivity index is 3.31. The van der Waals surface area contributed by atoms with Crippen LogP contribution in [0.3, 0.4) is 0 Å². The van der Waals surface area contributed by atoms with E-state index in [9.17, 15) is 13.2 Å². The standard InChI is InChI=1S/C4BrF3N2/c5-1-2(6)9-4(8)10-3(1)7. The average molecular weight is 213 g/mol. The monoisotopic (exact) mass is 212 g/mol. The van der Waals surface area contributed by atoms with E-state index in [2.05, 4.69) is 25.9 Å². The summed E-state index contributed by atoms with van der Waals surface area (Å²) in [5.41, 5.74) is 0. The van der Waals surface area contributed by atoms with Gasteiger partial charge in [0.2, 0.25) is 11.9 Å². The predicted octanol–water partition coefficient (Wildman–Crippen LogP) is 1.66. The minimum atomic E-state index is -1.42. The largest absolute Gasteiger partial charge is 0.314 e. The summed E-state index contributed by atoms with van der Waals surface area (Å²) in [5.74, 6) is -2.49. The first-order valence-electron chi connectivity index (χ1n) is 2.15. The Morgan fingerprint density at radius 1 is 1.00 bits per heavy atom. The number of hydrogen-bond donors (Lipinski definition) is 0. The van der Waals surface area contributed by atoms with E-state index in [1.165, 1.54) is 0 Å². The molecule has 0 N–H and O–H groups in total. The van der Waals surface area contributed by atoms with Crippen LogP contribution in [-0.2, 0) is 0 Å². The van der Waals surface area contributed by atoms with Crippen molar-refractivity contribution in [1.82, 2.24) is 9.97 Å². The predicted molar refractivity (Wildman–Crippen MR) is 29.6 cm³/mol. The Kier molecular flexibility index (Phi) is 1.89. The smallest absolute Gasteiger partial charge is 0.183 e. The van der Waals surface area contributed by atoms with Gasteiger partial charge in [0.1, 0.15) is 4.47 Å². The third-order valence-corrected chi connectivity index (χ3v) is 1.40. The van der Waals surface area contributed by atoms with Crippen molar-refractivity contribution in [3.05, 3.63) is 22.4 Å². The van der Waals surface area contributed by atoms with Crippen molar-refractivity contribution < 1.29 is 13.2 Å². The molecule has 0 saturated carbocycles. The maximum Gasteiger partial charge on any atom is 0.314 e. The molecule has 1 heterocycles. The lowest BCUT2D eigenvalue weighted by atomic mass is 10.6. The lowest BCUT2D eigenvalue weighted by molar-refractivity contribution is 0.431. The molecule has 6 heteroatoms. The van der Waals surface area contributed by atoms with Crippen molar-refractivity contribution >= 4 is 15.9 Å². The Hall–Kier alpha value is -0.650. The molecule has 1 aromatic rings. The number of hydrogen-bond acceptors (Lipinski definition) is 2. The molecule has 0 aliphatic rings. The molecule has 0 aliphatic carbocycles. The maximum atomic E-state index is 12.2. The highest BCUT2D eigenvalue weighted by molar-refractivity contribution is 9.10. The van der Waals surface area contributed by atoms with Gasteiger partial charge in [-0.05, 0) is 15.9 Å².